The van der Waals surface area contributed by atoms with Crippen molar-refractivity contribution in [3.05, 3.63) is 64.9 Å². The van der Waals surface area contributed by atoms with Crippen LogP contribution in [0, 0.1) is 44.1 Å². The Bertz CT molecular complexity index is 1710. The Kier molecular flexibility index (Phi) is 17.3. The van der Waals surface area contributed by atoms with Crippen LogP contribution in [0.3, 0.4) is 0 Å². The molecular formula is C37H46N8O8. The van der Waals surface area contributed by atoms with Crippen LogP contribution in [0.2, 0.25) is 0 Å². The number of carbonyl (C=O) groups excluding carboxylic acids is 3. The number of nitro groups is 1. The Labute approximate surface area is 309 Å². The van der Waals surface area contributed by atoms with Gasteiger partial charge in [-0.2, -0.15) is 10.5 Å². The number of hydrogen-bond donors (Lipinski definition) is 1. The van der Waals surface area contributed by atoms with Gasteiger partial charge >= 0.3 is 17.8 Å². The van der Waals surface area contributed by atoms with E-state index < -0.39 is 28.4 Å². The molecule has 0 saturated heterocycles. The first-order chi connectivity index (χ1) is 25.2. The van der Waals surface area contributed by atoms with Gasteiger partial charge in [-0.3, -0.25) is 4.79 Å². The van der Waals surface area contributed by atoms with Crippen LogP contribution in [0.1, 0.15) is 77.5 Å². The number of pyridine rings is 1. The predicted molar refractivity (Wildman–Crippen MR) is 197 cm³/mol. The van der Waals surface area contributed by atoms with Crippen molar-refractivity contribution >= 4 is 46.4 Å². The molecule has 1 amide bonds. The van der Waals surface area contributed by atoms with Crippen molar-refractivity contribution < 1.29 is 33.5 Å². The summed E-state index contributed by atoms with van der Waals surface area (Å²) in [5, 5.41) is 42.0. The van der Waals surface area contributed by atoms with E-state index in [2.05, 4.69) is 54.5 Å². The molecule has 1 heterocycles. The summed E-state index contributed by atoms with van der Waals surface area (Å²) in [5.41, 5.74) is -0.111. The number of rotatable bonds is 21. The molecule has 2 aromatic rings. The normalized spacial score (nSPS) is 11.5. The molecule has 0 aliphatic heterocycles. The lowest BCUT2D eigenvalue weighted by Gasteiger charge is -2.28. The zero-order valence-corrected chi connectivity index (χ0v) is 30.8. The summed E-state index contributed by atoms with van der Waals surface area (Å²) in [6.07, 6.45) is 5.48. The zero-order chi connectivity index (χ0) is 39.6. The van der Waals surface area contributed by atoms with Crippen molar-refractivity contribution in [3.8, 4) is 17.9 Å². The van der Waals surface area contributed by atoms with Gasteiger partial charge in [0, 0.05) is 37.7 Å². The molecule has 1 aromatic heterocycles. The molecule has 16 heteroatoms. The second-order valence-electron chi connectivity index (χ2n) is 13.2. The highest BCUT2D eigenvalue weighted by atomic mass is 16.6. The maximum Gasteiger partial charge on any atom is 0.366 e. The molecule has 0 spiro atoms. The van der Waals surface area contributed by atoms with Gasteiger partial charge in [-0.25, -0.2) is 9.59 Å². The Hall–Kier alpha value is -6.16. The van der Waals surface area contributed by atoms with E-state index in [9.17, 15) is 35.0 Å². The van der Waals surface area contributed by atoms with Gasteiger partial charge < -0.3 is 34.5 Å². The molecule has 0 saturated carbocycles. The van der Waals surface area contributed by atoms with Crippen molar-refractivity contribution in [3.63, 3.8) is 0 Å². The molecule has 0 bridgehead atoms. The molecule has 0 aliphatic carbocycles. The molecule has 1 aromatic carbocycles. The van der Waals surface area contributed by atoms with Crippen molar-refractivity contribution in [2.75, 3.05) is 43.6 Å². The fourth-order valence-corrected chi connectivity index (χ4v) is 5.40. The number of anilines is 2. The highest BCUT2D eigenvalue weighted by Gasteiger charge is 2.23. The van der Waals surface area contributed by atoms with Gasteiger partial charge in [-0.05, 0) is 59.4 Å². The summed E-state index contributed by atoms with van der Waals surface area (Å²) in [6, 6.07) is 7.63. The number of methoxy groups -OCH3 is 1. The number of nitrogens with one attached hydrogen (secondary N) is 1. The molecule has 282 valence electrons. The standard InChI is InChI=1S/C37H46N8O8/c1-8-34(47)52-16-12-10-14-44(15-11-13-17-53-35(48)9-2)30-20-27(41-33(46)18-25(3)22-37(4,5)6)28(21-31(30)51-7)42-43-36-26(23-38)19-32(45(49)50)40-29(36)24-39/h8-9,19-21,25H,1-2,10-18,22H2,3-7H3,(H,41,46)/b43-42+. The van der Waals surface area contributed by atoms with Crippen LogP contribution in [0.25, 0.3) is 0 Å². The van der Waals surface area contributed by atoms with Crippen molar-refractivity contribution in [1.29, 1.82) is 10.5 Å². The van der Waals surface area contributed by atoms with Crippen molar-refractivity contribution in [1.82, 2.24) is 4.98 Å². The highest BCUT2D eigenvalue weighted by molar-refractivity contribution is 5.95. The molecule has 0 aliphatic rings. The first-order valence-electron chi connectivity index (χ1n) is 16.9. The average molecular weight is 731 g/mol. The van der Waals surface area contributed by atoms with E-state index in [4.69, 9.17) is 14.2 Å². The van der Waals surface area contributed by atoms with Crippen molar-refractivity contribution in [2.45, 2.75) is 66.2 Å². The van der Waals surface area contributed by atoms with E-state index in [0.717, 1.165) is 24.6 Å². The van der Waals surface area contributed by atoms with E-state index in [1.807, 2.05) is 11.8 Å². The number of hydrogen-bond acceptors (Lipinski definition) is 14. The first kappa shape index (κ1) is 43.0. The number of carbonyl (C=O) groups is 3. The molecular weight excluding hydrogens is 684 g/mol. The highest BCUT2D eigenvalue weighted by Crippen LogP contribution is 2.41. The van der Waals surface area contributed by atoms with Gasteiger partial charge in [0.15, 0.2) is 11.8 Å². The van der Waals surface area contributed by atoms with Crippen molar-refractivity contribution in [2.24, 2.45) is 21.6 Å². The van der Waals surface area contributed by atoms with Crippen LogP contribution in [-0.4, -0.2) is 61.2 Å². The molecule has 1 atom stereocenters. The van der Waals surface area contributed by atoms with Gasteiger partial charge in [-0.1, -0.05) is 40.9 Å². The Morgan fingerprint density at radius 2 is 1.62 bits per heavy atom. The lowest BCUT2D eigenvalue weighted by Crippen LogP contribution is -2.27. The lowest BCUT2D eigenvalue weighted by atomic mass is 9.84. The number of unbranched alkanes of at least 4 members (excludes halogenated alkanes) is 2. The largest absolute Gasteiger partial charge is 0.494 e. The van der Waals surface area contributed by atoms with Gasteiger partial charge in [0.2, 0.25) is 5.91 Å². The summed E-state index contributed by atoms with van der Waals surface area (Å²) in [4.78, 5) is 52.7. The van der Waals surface area contributed by atoms with Crippen LogP contribution in [0.5, 0.6) is 5.75 Å². The van der Waals surface area contributed by atoms with E-state index >= 15 is 0 Å². The minimum absolute atomic E-state index is 0.00340. The van der Waals surface area contributed by atoms with E-state index in [0.29, 0.717) is 50.2 Å². The number of aromatic nitrogens is 1. The summed E-state index contributed by atoms with van der Waals surface area (Å²) in [6.45, 7) is 16.4. The van der Waals surface area contributed by atoms with E-state index in [-0.39, 0.29) is 59.5 Å². The third-order valence-electron chi connectivity index (χ3n) is 7.52. The summed E-state index contributed by atoms with van der Waals surface area (Å²) < 4.78 is 16.0. The summed E-state index contributed by atoms with van der Waals surface area (Å²) >= 11 is 0. The maximum absolute atomic E-state index is 13.4. The number of nitriles is 2. The number of azo groups is 1. The number of ether oxygens (including phenoxy) is 3. The molecule has 16 nitrogen and oxygen atoms in total. The molecule has 2 rings (SSSR count). The van der Waals surface area contributed by atoms with Crippen LogP contribution in [0.4, 0.5) is 28.6 Å². The molecule has 1 N–H and O–H groups in total. The molecule has 1 unspecified atom stereocenters. The number of benzene rings is 1. The number of esters is 2. The molecule has 0 fully saturated rings. The topological polar surface area (TPSA) is 222 Å². The van der Waals surface area contributed by atoms with Gasteiger partial charge in [0.05, 0.1) is 43.3 Å². The third kappa shape index (κ3) is 14.5. The second kappa shape index (κ2) is 21.3. The average Bonchev–Trinajstić information content (AvgIpc) is 3.11. The smallest absolute Gasteiger partial charge is 0.366 e. The van der Waals surface area contributed by atoms with Gasteiger partial charge in [0.1, 0.15) is 17.5 Å². The van der Waals surface area contributed by atoms with Gasteiger partial charge in [0.25, 0.3) is 5.69 Å². The van der Waals surface area contributed by atoms with Crippen LogP contribution in [-0.2, 0) is 23.9 Å². The summed E-state index contributed by atoms with van der Waals surface area (Å²) in [5.74, 6) is -1.64. The minimum Gasteiger partial charge on any atom is -0.494 e. The monoisotopic (exact) mass is 730 g/mol. The fraction of sp³-hybridized carbons (Fsp3) is 0.459. The van der Waals surface area contributed by atoms with E-state index in [1.54, 1.807) is 18.2 Å². The number of nitrogens with zero attached hydrogens (tertiary/aromatic N) is 7. The lowest BCUT2D eigenvalue weighted by molar-refractivity contribution is -0.389. The Balaban J connectivity index is 2.62. The van der Waals surface area contributed by atoms with Crippen LogP contribution in [0.15, 0.2) is 53.7 Å². The predicted octanol–water partition coefficient (Wildman–Crippen LogP) is 7.38. The Morgan fingerprint density at radius 1 is 1.02 bits per heavy atom. The third-order valence-corrected chi connectivity index (χ3v) is 7.52. The maximum atomic E-state index is 13.4. The SMILES string of the molecule is C=CC(=O)OCCCCN(CCCCOC(=O)C=C)c1cc(NC(=O)CC(C)CC(C)(C)C)c(/N=N/c2c(C#N)cc([N+](=O)[O-])nc2C#N)cc1OC. The first-order valence-corrected chi connectivity index (χ1v) is 16.9. The summed E-state index contributed by atoms with van der Waals surface area (Å²) in [7, 11) is 1.45. The van der Waals surface area contributed by atoms with Crippen LogP contribution >= 0.6 is 0 Å². The van der Waals surface area contributed by atoms with Gasteiger partial charge in [-0.15, -0.1) is 10.2 Å². The molecule has 0 radical (unpaired) electrons. The quantitative estimate of drug-likeness (QED) is 0.0332. The minimum atomic E-state index is -0.825. The Morgan fingerprint density at radius 3 is 2.11 bits per heavy atom. The zero-order valence-electron chi connectivity index (χ0n) is 30.8. The fourth-order valence-electron chi connectivity index (χ4n) is 5.40. The number of amides is 1. The second-order valence-corrected chi connectivity index (χ2v) is 13.2. The van der Waals surface area contributed by atoms with Crippen LogP contribution < -0.4 is 15.0 Å². The molecule has 53 heavy (non-hydrogen) atoms. The van der Waals surface area contributed by atoms with E-state index in [1.165, 1.54) is 13.2 Å².